The number of fused-ring (bicyclic) bond motifs is 3. The Morgan fingerprint density at radius 1 is 1.13 bits per heavy atom. The highest BCUT2D eigenvalue weighted by Gasteiger charge is 2.24. The maximum absolute atomic E-state index is 14.8. The van der Waals surface area contributed by atoms with Gasteiger partial charge in [0.1, 0.15) is 17.5 Å². The van der Waals surface area contributed by atoms with Gasteiger partial charge in [0.2, 0.25) is 0 Å². The van der Waals surface area contributed by atoms with E-state index >= 15 is 0 Å². The first kappa shape index (κ1) is 14.3. The van der Waals surface area contributed by atoms with Gasteiger partial charge in [-0.2, -0.15) is 0 Å². The number of hydrogen-bond acceptors (Lipinski definition) is 3. The van der Waals surface area contributed by atoms with Crippen LogP contribution in [0.4, 0.5) is 4.39 Å². The molecule has 23 heavy (non-hydrogen) atoms. The van der Waals surface area contributed by atoms with Gasteiger partial charge in [0.15, 0.2) is 0 Å². The zero-order valence-electron chi connectivity index (χ0n) is 12.8. The van der Waals surface area contributed by atoms with Crippen molar-refractivity contribution in [2.75, 3.05) is 0 Å². The molecule has 0 unspecified atom stereocenters. The van der Waals surface area contributed by atoms with Gasteiger partial charge in [0.05, 0.1) is 10.7 Å². The summed E-state index contributed by atoms with van der Waals surface area (Å²) >= 11 is 6.36. The van der Waals surface area contributed by atoms with Gasteiger partial charge >= 0.3 is 0 Å². The highest BCUT2D eigenvalue weighted by atomic mass is 35.5. The van der Waals surface area contributed by atoms with Gasteiger partial charge < -0.3 is 0 Å². The maximum Gasteiger partial charge on any atom is 0.148 e. The Hall–Kier alpha value is -2.27. The summed E-state index contributed by atoms with van der Waals surface area (Å²) in [7, 11) is 0. The molecule has 6 heteroatoms. The average molecular weight is 329 g/mol. The van der Waals surface area contributed by atoms with Crippen LogP contribution in [0.25, 0.3) is 16.8 Å². The SMILES string of the molecule is Cc1cncc(-c2cc(F)c3c(c2)CCc2nnc(C)n2-3)c1Cl. The van der Waals surface area contributed by atoms with Gasteiger partial charge in [0.25, 0.3) is 0 Å². The average Bonchev–Trinajstić information content (AvgIpc) is 2.91. The molecule has 0 fully saturated rings. The van der Waals surface area contributed by atoms with Crippen molar-refractivity contribution < 1.29 is 4.39 Å². The molecule has 3 heterocycles. The molecule has 0 amide bonds. The first-order valence-electron chi connectivity index (χ1n) is 7.40. The summed E-state index contributed by atoms with van der Waals surface area (Å²) in [4.78, 5) is 4.17. The second kappa shape index (κ2) is 5.13. The Kier molecular flexibility index (Phi) is 3.20. The molecule has 0 radical (unpaired) electrons. The summed E-state index contributed by atoms with van der Waals surface area (Å²) in [5.41, 5.74) is 3.86. The predicted octanol–water partition coefficient (Wildman–Crippen LogP) is 3.84. The third-order valence-corrected chi connectivity index (χ3v) is 4.74. The Morgan fingerprint density at radius 3 is 2.78 bits per heavy atom. The summed E-state index contributed by atoms with van der Waals surface area (Å²) in [6, 6.07) is 3.50. The standard InChI is InChI=1S/C17H14ClFN4/c1-9-7-20-8-13(16(9)18)12-5-11-3-4-15-22-21-10(2)23(15)17(11)14(19)6-12/h5-8H,3-4H2,1-2H3. The predicted molar refractivity (Wildman–Crippen MR) is 86.4 cm³/mol. The number of rotatable bonds is 1. The first-order chi connectivity index (χ1) is 11.1. The van der Waals surface area contributed by atoms with Crippen LogP contribution in [0.1, 0.15) is 22.8 Å². The van der Waals surface area contributed by atoms with Gasteiger partial charge in [-0.15, -0.1) is 10.2 Å². The summed E-state index contributed by atoms with van der Waals surface area (Å²) < 4.78 is 16.6. The van der Waals surface area contributed by atoms with E-state index < -0.39 is 0 Å². The number of pyridine rings is 1. The normalized spacial score (nSPS) is 12.9. The number of aromatic nitrogens is 4. The molecule has 0 aliphatic carbocycles. The molecule has 4 nitrogen and oxygen atoms in total. The second-order valence-corrected chi connectivity index (χ2v) is 6.16. The Morgan fingerprint density at radius 2 is 1.96 bits per heavy atom. The van der Waals surface area contributed by atoms with Crippen LogP contribution in [0, 0.1) is 19.7 Å². The summed E-state index contributed by atoms with van der Waals surface area (Å²) in [6.07, 6.45) is 4.85. The summed E-state index contributed by atoms with van der Waals surface area (Å²) in [6.45, 7) is 3.72. The lowest BCUT2D eigenvalue weighted by Gasteiger charge is -2.21. The topological polar surface area (TPSA) is 43.6 Å². The smallest absolute Gasteiger partial charge is 0.148 e. The Bertz CT molecular complexity index is 933. The molecule has 1 aliphatic heterocycles. The van der Waals surface area contributed by atoms with Crippen molar-refractivity contribution >= 4 is 11.6 Å². The largest absolute Gasteiger partial charge is 0.280 e. The van der Waals surface area contributed by atoms with Crippen molar-refractivity contribution in [1.29, 1.82) is 0 Å². The molecule has 0 saturated carbocycles. The maximum atomic E-state index is 14.8. The molecular formula is C17H14ClFN4. The highest BCUT2D eigenvalue weighted by Crippen LogP contribution is 2.35. The summed E-state index contributed by atoms with van der Waals surface area (Å²) in [5, 5.41) is 8.79. The molecule has 1 aromatic carbocycles. The quantitative estimate of drug-likeness (QED) is 0.681. The molecule has 3 aromatic rings. The first-order valence-corrected chi connectivity index (χ1v) is 7.78. The van der Waals surface area contributed by atoms with E-state index in [2.05, 4.69) is 15.2 Å². The van der Waals surface area contributed by atoms with Crippen LogP contribution in [-0.4, -0.2) is 19.7 Å². The third-order valence-electron chi connectivity index (χ3n) is 4.24. The fourth-order valence-electron chi connectivity index (χ4n) is 3.11. The lowest BCUT2D eigenvalue weighted by Crippen LogP contribution is -2.15. The monoisotopic (exact) mass is 328 g/mol. The fraction of sp³-hybridized carbons (Fsp3) is 0.235. The molecule has 4 rings (SSSR count). The van der Waals surface area contributed by atoms with E-state index in [4.69, 9.17) is 11.6 Å². The molecule has 0 saturated heterocycles. The van der Waals surface area contributed by atoms with E-state index in [-0.39, 0.29) is 5.82 Å². The summed E-state index contributed by atoms with van der Waals surface area (Å²) in [5.74, 6) is 1.21. The number of benzene rings is 1. The van der Waals surface area contributed by atoms with Crippen molar-refractivity contribution in [1.82, 2.24) is 19.7 Å². The number of hydrogen-bond donors (Lipinski definition) is 0. The molecule has 0 atom stereocenters. The van der Waals surface area contributed by atoms with Gasteiger partial charge in [-0.05, 0) is 49.1 Å². The van der Waals surface area contributed by atoms with Gasteiger partial charge in [-0.3, -0.25) is 9.55 Å². The Labute approximate surface area is 138 Å². The van der Waals surface area contributed by atoms with Crippen molar-refractivity contribution in [2.24, 2.45) is 0 Å². The molecule has 0 spiro atoms. The van der Waals surface area contributed by atoms with E-state index in [0.717, 1.165) is 40.9 Å². The van der Waals surface area contributed by atoms with E-state index in [1.165, 1.54) is 6.07 Å². The van der Waals surface area contributed by atoms with Crippen LogP contribution in [0.2, 0.25) is 5.02 Å². The van der Waals surface area contributed by atoms with Crippen LogP contribution < -0.4 is 0 Å². The molecular weight excluding hydrogens is 315 g/mol. The number of nitrogens with zero attached hydrogens (tertiary/aromatic N) is 4. The van der Waals surface area contributed by atoms with Crippen LogP contribution in [-0.2, 0) is 12.8 Å². The minimum atomic E-state index is -0.293. The highest BCUT2D eigenvalue weighted by molar-refractivity contribution is 6.34. The fourth-order valence-corrected chi connectivity index (χ4v) is 3.32. The second-order valence-electron chi connectivity index (χ2n) is 5.78. The van der Waals surface area contributed by atoms with Crippen molar-refractivity contribution in [3.8, 4) is 16.8 Å². The van der Waals surface area contributed by atoms with Crippen LogP contribution in [0.3, 0.4) is 0 Å². The molecule has 2 aromatic heterocycles. The lowest BCUT2D eigenvalue weighted by molar-refractivity contribution is 0.602. The van der Waals surface area contributed by atoms with Crippen molar-refractivity contribution in [2.45, 2.75) is 26.7 Å². The van der Waals surface area contributed by atoms with Gasteiger partial charge in [-0.1, -0.05) is 11.6 Å². The zero-order valence-corrected chi connectivity index (χ0v) is 13.5. The van der Waals surface area contributed by atoms with Crippen molar-refractivity contribution in [3.63, 3.8) is 0 Å². The number of aryl methyl sites for hydroxylation is 4. The van der Waals surface area contributed by atoms with Crippen LogP contribution >= 0.6 is 11.6 Å². The molecule has 0 N–H and O–H groups in total. The number of halogens is 2. The zero-order chi connectivity index (χ0) is 16.1. The van der Waals surface area contributed by atoms with Crippen molar-refractivity contribution in [3.05, 3.63) is 58.1 Å². The molecule has 0 bridgehead atoms. The Balaban J connectivity index is 1.94. The van der Waals surface area contributed by atoms with Crippen LogP contribution in [0.15, 0.2) is 24.5 Å². The van der Waals surface area contributed by atoms with E-state index in [1.54, 1.807) is 17.0 Å². The van der Waals surface area contributed by atoms with E-state index in [9.17, 15) is 4.39 Å². The minimum absolute atomic E-state index is 0.293. The molecule has 116 valence electrons. The molecule has 1 aliphatic rings. The van der Waals surface area contributed by atoms with Gasteiger partial charge in [-0.25, -0.2) is 4.39 Å². The lowest BCUT2D eigenvalue weighted by atomic mass is 9.96. The van der Waals surface area contributed by atoms with E-state index in [1.807, 2.05) is 19.9 Å². The van der Waals surface area contributed by atoms with E-state index in [0.29, 0.717) is 16.5 Å². The minimum Gasteiger partial charge on any atom is -0.280 e. The van der Waals surface area contributed by atoms with Gasteiger partial charge in [0, 0.05) is 24.4 Å². The van der Waals surface area contributed by atoms with Crippen LogP contribution in [0.5, 0.6) is 0 Å². The third kappa shape index (κ3) is 2.15.